The quantitative estimate of drug-likeness (QED) is 0.821. The van der Waals surface area contributed by atoms with Gasteiger partial charge in [-0.2, -0.15) is 0 Å². The molecule has 18 heavy (non-hydrogen) atoms. The maximum atomic E-state index is 13.6. The first-order chi connectivity index (χ1) is 8.47. The van der Waals surface area contributed by atoms with Crippen molar-refractivity contribution >= 4 is 23.4 Å². The van der Waals surface area contributed by atoms with Gasteiger partial charge in [0, 0.05) is 12.6 Å². The van der Waals surface area contributed by atoms with Crippen molar-refractivity contribution in [3.8, 4) is 0 Å². The molecule has 0 atom stereocenters. The molecule has 0 amide bonds. The SMILES string of the molecule is Cc1nnc(Sc2cc(C(=O)O)c(N)cc2F)o1. The van der Waals surface area contributed by atoms with Crippen molar-refractivity contribution in [2.75, 3.05) is 5.73 Å². The summed E-state index contributed by atoms with van der Waals surface area (Å²) in [7, 11) is 0. The Balaban J connectivity index is 2.38. The summed E-state index contributed by atoms with van der Waals surface area (Å²) in [5.74, 6) is -1.53. The molecule has 0 aliphatic rings. The summed E-state index contributed by atoms with van der Waals surface area (Å²) < 4.78 is 18.7. The number of nitrogen functional groups attached to an aromatic ring is 1. The first kappa shape index (κ1) is 12.4. The Kier molecular flexibility index (Phi) is 3.19. The number of halogens is 1. The number of aryl methyl sites for hydroxylation is 1. The zero-order valence-electron chi connectivity index (χ0n) is 9.18. The second kappa shape index (κ2) is 4.65. The van der Waals surface area contributed by atoms with Gasteiger partial charge in [0.05, 0.1) is 10.5 Å². The highest BCUT2D eigenvalue weighted by atomic mass is 32.2. The highest BCUT2D eigenvalue weighted by molar-refractivity contribution is 7.99. The largest absolute Gasteiger partial charge is 0.478 e. The van der Waals surface area contributed by atoms with E-state index >= 15 is 0 Å². The second-order valence-corrected chi connectivity index (χ2v) is 4.36. The van der Waals surface area contributed by atoms with E-state index in [1.165, 1.54) is 0 Å². The second-order valence-electron chi connectivity index (χ2n) is 3.36. The van der Waals surface area contributed by atoms with Gasteiger partial charge < -0.3 is 15.3 Å². The van der Waals surface area contributed by atoms with Crippen molar-refractivity contribution in [2.45, 2.75) is 17.0 Å². The summed E-state index contributed by atoms with van der Waals surface area (Å²) in [6.07, 6.45) is 0. The molecular weight excluding hydrogens is 261 g/mol. The average Bonchev–Trinajstić information content (AvgIpc) is 2.67. The van der Waals surface area contributed by atoms with E-state index < -0.39 is 11.8 Å². The standard InChI is InChI=1S/C10H8FN3O3S/c1-4-13-14-10(17-4)18-8-2-5(9(15)16)7(12)3-6(8)11/h2-3H,12H2,1H3,(H,15,16). The third kappa shape index (κ3) is 2.43. The number of nitrogens with two attached hydrogens (primary N) is 1. The van der Waals surface area contributed by atoms with Crippen LogP contribution in [0.2, 0.25) is 0 Å². The molecule has 6 nitrogen and oxygen atoms in total. The lowest BCUT2D eigenvalue weighted by atomic mass is 10.2. The summed E-state index contributed by atoms with van der Waals surface area (Å²) in [5.41, 5.74) is 5.10. The van der Waals surface area contributed by atoms with Crippen molar-refractivity contribution in [3.63, 3.8) is 0 Å². The fourth-order valence-corrected chi connectivity index (χ4v) is 2.01. The summed E-state index contributed by atoms with van der Waals surface area (Å²) in [6.45, 7) is 1.60. The van der Waals surface area contributed by atoms with Gasteiger partial charge in [0.2, 0.25) is 5.89 Å². The highest BCUT2D eigenvalue weighted by Crippen LogP contribution is 2.31. The van der Waals surface area contributed by atoms with Crippen molar-refractivity contribution in [1.29, 1.82) is 0 Å². The topological polar surface area (TPSA) is 102 Å². The van der Waals surface area contributed by atoms with Crippen LogP contribution in [-0.2, 0) is 0 Å². The van der Waals surface area contributed by atoms with Gasteiger partial charge in [-0.3, -0.25) is 0 Å². The summed E-state index contributed by atoms with van der Waals surface area (Å²) >= 11 is 0.841. The van der Waals surface area contributed by atoms with E-state index in [1.54, 1.807) is 6.92 Å². The molecule has 2 aromatic rings. The van der Waals surface area contributed by atoms with Crippen LogP contribution in [0.4, 0.5) is 10.1 Å². The van der Waals surface area contributed by atoms with E-state index in [-0.39, 0.29) is 21.4 Å². The number of aromatic carboxylic acids is 1. The monoisotopic (exact) mass is 269 g/mol. The first-order valence-electron chi connectivity index (χ1n) is 4.77. The Morgan fingerprint density at radius 2 is 2.22 bits per heavy atom. The Morgan fingerprint density at radius 1 is 1.50 bits per heavy atom. The molecule has 0 bridgehead atoms. The van der Waals surface area contributed by atoms with Crippen molar-refractivity contribution < 1.29 is 18.7 Å². The fourth-order valence-electron chi connectivity index (χ4n) is 1.25. The minimum atomic E-state index is -1.23. The molecule has 8 heteroatoms. The predicted octanol–water partition coefficient (Wildman–Crippen LogP) is 1.95. The van der Waals surface area contributed by atoms with Crippen LogP contribution in [0, 0.1) is 12.7 Å². The molecule has 0 fully saturated rings. The number of hydrogen-bond donors (Lipinski definition) is 2. The maximum absolute atomic E-state index is 13.6. The number of benzene rings is 1. The van der Waals surface area contributed by atoms with Gasteiger partial charge in [-0.25, -0.2) is 9.18 Å². The molecule has 0 aliphatic heterocycles. The van der Waals surface area contributed by atoms with E-state index in [1.807, 2.05) is 0 Å². The number of hydrogen-bond acceptors (Lipinski definition) is 6. The van der Waals surface area contributed by atoms with Crippen LogP contribution in [0.25, 0.3) is 0 Å². The van der Waals surface area contributed by atoms with Crippen LogP contribution in [0.1, 0.15) is 16.2 Å². The lowest BCUT2D eigenvalue weighted by molar-refractivity contribution is 0.0697. The predicted molar refractivity (Wildman–Crippen MR) is 60.9 cm³/mol. The van der Waals surface area contributed by atoms with Gasteiger partial charge in [-0.05, 0) is 23.9 Å². The number of aromatic nitrogens is 2. The Morgan fingerprint density at radius 3 is 2.78 bits per heavy atom. The molecule has 2 rings (SSSR count). The number of carboxylic acid groups (broad SMARTS) is 1. The van der Waals surface area contributed by atoms with Crippen LogP contribution in [0.3, 0.4) is 0 Å². The zero-order chi connectivity index (χ0) is 13.3. The molecule has 0 radical (unpaired) electrons. The number of nitrogens with zero attached hydrogens (tertiary/aromatic N) is 2. The summed E-state index contributed by atoms with van der Waals surface area (Å²) in [6, 6.07) is 2.09. The van der Waals surface area contributed by atoms with Gasteiger partial charge >= 0.3 is 5.97 Å². The third-order valence-corrected chi connectivity index (χ3v) is 2.91. The van der Waals surface area contributed by atoms with Crippen LogP contribution in [-0.4, -0.2) is 21.3 Å². The van der Waals surface area contributed by atoms with E-state index in [4.69, 9.17) is 15.3 Å². The molecule has 94 valence electrons. The lowest BCUT2D eigenvalue weighted by Crippen LogP contribution is -2.03. The van der Waals surface area contributed by atoms with E-state index in [0.29, 0.717) is 5.89 Å². The van der Waals surface area contributed by atoms with Crippen LogP contribution < -0.4 is 5.73 Å². The lowest BCUT2D eigenvalue weighted by Gasteiger charge is -2.04. The van der Waals surface area contributed by atoms with E-state index in [2.05, 4.69) is 10.2 Å². The van der Waals surface area contributed by atoms with Crippen LogP contribution in [0.5, 0.6) is 0 Å². The molecule has 0 saturated heterocycles. The molecular formula is C10H8FN3O3S. The molecule has 1 heterocycles. The minimum absolute atomic E-state index is 0.0604. The Labute approximate surface area is 105 Å². The average molecular weight is 269 g/mol. The first-order valence-corrected chi connectivity index (χ1v) is 5.59. The van der Waals surface area contributed by atoms with E-state index in [9.17, 15) is 9.18 Å². The number of anilines is 1. The van der Waals surface area contributed by atoms with Crippen LogP contribution in [0.15, 0.2) is 26.7 Å². The molecule has 1 aromatic heterocycles. The van der Waals surface area contributed by atoms with Crippen molar-refractivity contribution in [3.05, 3.63) is 29.4 Å². The molecule has 0 spiro atoms. The molecule has 1 aromatic carbocycles. The maximum Gasteiger partial charge on any atom is 0.337 e. The molecule has 0 aliphatic carbocycles. The zero-order valence-corrected chi connectivity index (χ0v) is 9.99. The number of carboxylic acids is 1. The van der Waals surface area contributed by atoms with Gasteiger partial charge in [-0.1, -0.05) is 0 Å². The fraction of sp³-hybridized carbons (Fsp3) is 0.100. The smallest absolute Gasteiger partial charge is 0.337 e. The summed E-state index contributed by atoms with van der Waals surface area (Å²) in [5, 5.41) is 16.3. The highest BCUT2D eigenvalue weighted by Gasteiger charge is 2.16. The van der Waals surface area contributed by atoms with E-state index in [0.717, 1.165) is 23.9 Å². The third-order valence-electron chi connectivity index (χ3n) is 2.04. The molecule has 0 unspecified atom stereocenters. The van der Waals surface area contributed by atoms with Gasteiger partial charge in [0.25, 0.3) is 5.22 Å². The van der Waals surface area contributed by atoms with Crippen molar-refractivity contribution in [2.24, 2.45) is 0 Å². The van der Waals surface area contributed by atoms with Gasteiger partial charge in [0.1, 0.15) is 5.82 Å². The summed E-state index contributed by atoms with van der Waals surface area (Å²) in [4.78, 5) is 10.9. The normalized spacial score (nSPS) is 10.6. The van der Waals surface area contributed by atoms with Gasteiger partial charge in [-0.15, -0.1) is 10.2 Å². The Hall–Kier alpha value is -2.09. The molecule has 3 N–H and O–H groups in total. The van der Waals surface area contributed by atoms with Gasteiger partial charge in [0.15, 0.2) is 0 Å². The molecule has 0 saturated carbocycles. The minimum Gasteiger partial charge on any atom is -0.478 e. The Bertz CT molecular complexity index is 614. The number of carbonyl (C=O) groups is 1. The van der Waals surface area contributed by atoms with Crippen LogP contribution >= 0.6 is 11.8 Å². The van der Waals surface area contributed by atoms with Crippen molar-refractivity contribution in [1.82, 2.24) is 10.2 Å². The number of rotatable bonds is 3.